The van der Waals surface area contributed by atoms with Gasteiger partial charge < -0.3 is 5.32 Å². The van der Waals surface area contributed by atoms with Gasteiger partial charge in [0, 0.05) is 0 Å². The average Bonchev–Trinajstić information content (AvgIpc) is 1.63. The second-order valence-corrected chi connectivity index (χ2v) is 3.54. The molecule has 9 heavy (non-hydrogen) atoms. The van der Waals surface area contributed by atoms with Gasteiger partial charge in [-0.25, -0.2) is 13.1 Å². The number of sulfonamides is 1. The van der Waals surface area contributed by atoms with Crippen molar-refractivity contribution in [1.29, 1.82) is 0 Å². The van der Waals surface area contributed by atoms with Crippen LogP contribution in [0.15, 0.2) is 0 Å². The largest absolute Gasteiger partial charge is 0.664 e. The molecule has 0 amide bonds. The lowest BCUT2D eigenvalue weighted by molar-refractivity contribution is 0.589. The van der Waals surface area contributed by atoms with Crippen LogP contribution in [0, 0.1) is 0 Å². The van der Waals surface area contributed by atoms with E-state index < -0.39 is 10.0 Å². The number of hydrogen-bond acceptors (Lipinski definition) is 2. The van der Waals surface area contributed by atoms with Crippen LogP contribution in [0.5, 0.6) is 0 Å². The highest BCUT2D eigenvalue weighted by Gasteiger charge is 1.93. The van der Waals surface area contributed by atoms with E-state index in [1.807, 2.05) is 0 Å². The zero-order chi connectivity index (χ0) is 7.33. The smallest absolute Gasteiger partial charge is 0.208 e. The standard InChI is InChI=1S/C4H11N2O2S/c1-5-3-4-6-9(2,7)8/h6H,3-4H2,1-2H3/q-1. The number of rotatable bonds is 4. The fourth-order valence-corrected chi connectivity index (χ4v) is 0.805. The molecule has 0 saturated carbocycles. The number of likely N-dealkylation sites (N-methyl/N-ethyl adjacent to an activating group) is 1. The maximum Gasteiger partial charge on any atom is 0.208 e. The van der Waals surface area contributed by atoms with Crippen LogP contribution in [-0.2, 0) is 10.0 Å². The molecule has 0 radical (unpaired) electrons. The highest BCUT2D eigenvalue weighted by molar-refractivity contribution is 7.88. The molecule has 0 aliphatic heterocycles. The summed E-state index contributed by atoms with van der Waals surface area (Å²) in [7, 11) is -1.36. The first-order valence-corrected chi connectivity index (χ1v) is 4.45. The number of nitrogens with zero attached hydrogens (tertiary/aromatic N) is 1. The van der Waals surface area contributed by atoms with Gasteiger partial charge in [-0.05, 0) is 6.54 Å². The van der Waals surface area contributed by atoms with Gasteiger partial charge in [0.2, 0.25) is 10.0 Å². The van der Waals surface area contributed by atoms with E-state index in [1.165, 1.54) is 0 Å². The molecule has 0 spiro atoms. The second-order valence-electron chi connectivity index (χ2n) is 1.71. The molecule has 0 aliphatic carbocycles. The molecule has 4 nitrogen and oxygen atoms in total. The first-order valence-electron chi connectivity index (χ1n) is 2.56. The van der Waals surface area contributed by atoms with Crippen LogP contribution in [0.3, 0.4) is 0 Å². The lowest BCUT2D eigenvalue weighted by Crippen LogP contribution is -2.24. The van der Waals surface area contributed by atoms with Gasteiger partial charge in [0.15, 0.2) is 0 Å². The normalized spacial score (nSPS) is 11.8. The van der Waals surface area contributed by atoms with Crippen molar-refractivity contribution in [2.45, 2.75) is 0 Å². The Balaban J connectivity index is 3.30. The molecule has 1 N–H and O–H groups in total. The zero-order valence-electron chi connectivity index (χ0n) is 5.59. The van der Waals surface area contributed by atoms with E-state index >= 15 is 0 Å². The molecular weight excluding hydrogens is 140 g/mol. The van der Waals surface area contributed by atoms with Crippen LogP contribution < -0.4 is 4.72 Å². The highest BCUT2D eigenvalue weighted by Crippen LogP contribution is 1.76. The summed E-state index contributed by atoms with van der Waals surface area (Å²) in [6, 6.07) is 0. The molecule has 5 heteroatoms. The van der Waals surface area contributed by atoms with E-state index in [0.29, 0.717) is 13.1 Å². The summed E-state index contributed by atoms with van der Waals surface area (Å²) in [5.41, 5.74) is 0. The summed E-state index contributed by atoms with van der Waals surface area (Å²) in [6.07, 6.45) is 1.13. The first kappa shape index (κ1) is 8.87. The summed E-state index contributed by atoms with van der Waals surface area (Å²) in [6.45, 7) is 0.933. The van der Waals surface area contributed by atoms with Crippen LogP contribution >= 0.6 is 0 Å². The van der Waals surface area contributed by atoms with Crippen LogP contribution in [0.1, 0.15) is 0 Å². The number of hydrogen-bond donors (Lipinski definition) is 1. The Kier molecular flexibility index (Phi) is 3.76. The molecule has 0 aromatic rings. The highest BCUT2D eigenvalue weighted by atomic mass is 32.2. The molecule has 0 unspecified atom stereocenters. The third kappa shape index (κ3) is 7.87. The Bertz CT molecular complexity index is 152. The Morgan fingerprint density at radius 2 is 2.11 bits per heavy atom. The summed E-state index contributed by atoms with van der Waals surface area (Å²) in [4.78, 5) is 0. The molecule has 0 fully saturated rings. The van der Waals surface area contributed by atoms with Gasteiger partial charge in [-0.1, -0.05) is 0 Å². The molecule has 0 aromatic carbocycles. The molecule has 0 heterocycles. The second kappa shape index (κ2) is 3.81. The summed E-state index contributed by atoms with van der Waals surface area (Å²) >= 11 is 0. The predicted molar refractivity (Wildman–Crippen MR) is 37.0 cm³/mol. The van der Waals surface area contributed by atoms with Gasteiger partial charge in [0.05, 0.1) is 6.26 Å². The van der Waals surface area contributed by atoms with Crippen molar-refractivity contribution >= 4 is 10.0 Å². The zero-order valence-corrected chi connectivity index (χ0v) is 6.40. The van der Waals surface area contributed by atoms with Crippen molar-refractivity contribution in [3.8, 4) is 0 Å². The van der Waals surface area contributed by atoms with Crippen molar-refractivity contribution in [2.24, 2.45) is 0 Å². The third-order valence-corrected chi connectivity index (χ3v) is 1.43. The Morgan fingerprint density at radius 3 is 2.44 bits per heavy atom. The minimum atomic E-state index is -3.01. The Hall–Kier alpha value is -0.130. The van der Waals surface area contributed by atoms with Crippen molar-refractivity contribution in [1.82, 2.24) is 4.72 Å². The molecule has 0 saturated heterocycles. The van der Waals surface area contributed by atoms with E-state index in [0.717, 1.165) is 6.26 Å². The Morgan fingerprint density at radius 1 is 1.56 bits per heavy atom. The van der Waals surface area contributed by atoms with Crippen LogP contribution in [-0.4, -0.2) is 34.8 Å². The number of nitrogens with one attached hydrogen (secondary N) is 1. The predicted octanol–water partition coefficient (Wildman–Crippen LogP) is -0.461. The minimum Gasteiger partial charge on any atom is -0.664 e. The van der Waals surface area contributed by atoms with Gasteiger partial charge in [-0.3, -0.25) is 0 Å². The third-order valence-electron chi connectivity index (χ3n) is 0.700. The molecule has 0 atom stereocenters. The molecular formula is C4H11N2O2S-. The monoisotopic (exact) mass is 151 g/mol. The summed E-state index contributed by atoms with van der Waals surface area (Å²) in [5.74, 6) is 0. The molecule has 0 rings (SSSR count). The van der Waals surface area contributed by atoms with E-state index in [4.69, 9.17) is 0 Å². The summed E-state index contributed by atoms with van der Waals surface area (Å²) < 4.78 is 23.0. The average molecular weight is 151 g/mol. The fraction of sp³-hybridized carbons (Fsp3) is 1.00. The quantitative estimate of drug-likeness (QED) is 0.553. The topological polar surface area (TPSA) is 60.3 Å². The van der Waals surface area contributed by atoms with Gasteiger partial charge >= 0.3 is 0 Å². The Labute approximate surface area is 55.7 Å². The van der Waals surface area contributed by atoms with E-state index in [2.05, 4.69) is 10.0 Å². The van der Waals surface area contributed by atoms with E-state index in [9.17, 15) is 8.42 Å². The van der Waals surface area contributed by atoms with Crippen molar-refractivity contribution in [2.75, 3.05) is 26.4 Å². The molecule has 0 aliphatic rings. The van der Waals surface area contributed by atoms with E-state index in [1.54, 1.807) is 7.05 Å². The van der Waals surface area contributed by atoms with Crippen LogP contribution in [0.4, 0.5) is 0 Å². The maximum atomic E-state index is 10.4. The SMILES string of the molecule is C[N-]CCNS(C)(=O)=O. The van der Waals surface area contributed by atoms with E-state index in [-0.39, 0.29) is 0 Å². The maximum absolute atomic E-state index is 10.4. The molecule has 0 aromatic heterocycles. The van der Waals surface area contributed by atoms with Gasteiger partial charge in [-0.15, -0.1) is 6.54 Å². The van der Waals surface area contributed by atoms with Crippen LogP contribution in [0.2, 0.25) is 0 Å². The lowest BCUT2D eigenvalue weighted by atomic mass is 10.7. The van der Waals surface area contributed by atoms with Crippen molar-refractivity contribution in [3.05, 3.63) is 5.32 Å². The molecule has 0 bridgehead atoms. The lowest BCUT2D eigenvalue weighted by Gasteiger charge is -2.09. The van der Waals surface area contributed by atoms with Crippen molar-refractivity contribution in [3.63, 3.8) is 0 Å². The molecule has 56 valence electrons. The first-order chi connectivity index (χ1) is 4.06. The van der Waals surface area contributed by atoms with Gasteiger partial charge in [0.25, 0.3) is 0 Å². The van der Waals surface area contributed by atoms with Crippen LogP contribution in [0.25, 0.3) is 5.32 Å². The van der Waals surface area contributed by atoms with Gasteiger partial charge in [-0.2, -0.15) is 7.05 Å². The van der Waals surface area contributed by atoms with Gasteiger partial charge in [0.1, 0.15) is 0 Å². The summed E-state index contributed by atoms with van der Waals surface area (Å²) in [5, 5.41) is 3.71. The van der Waals surface area contributed by atoms with Crippen molar-refractivity contribution < 1.29 is 8.42 Å². The minimum absolute atomic E-state index is 0.398. The fourth-order valence-electron chi connectivity index (χ4n) is 0.343.